The third-order valence-corrected chi connectivity index (χ3v) is 5.44. The highest BCUT2D eigenvalue weighted by Crippen LogP contribution is 2.22. The SMILES string of the molecule is COCCNC(=S)NC1C[C@H]2CCC[C@H](C1)[NH+]2Cc1ccco1. The van der Waals surface area contributed by atoms with E-state index in [1.54, 1.807) is 18.3 Å². The summed E-state index contributed by atoms with van der Waals surface area (Å²) in [6.45, 7) is 2.46. The summed E-state index contributed by atoms with van der Waals surface area (Å²) in [6, 6.07) is 6.01. The molecule has 0 spiro atoms. The van der Waals surface area contributed by atoms with Crippen LogP contribution < -0.4 is 15.5 Å². The number of fused-ring (bicyclic) bond motifs is 2. The number of hydrogen-bond donors (Lipinski definition) is 3. The van der Waals surface area contributed by atoms with Crippen molar-refractivity contribution in [2.24, 2.45) is 0 Å². The van der Waals surface area contributed by atoms with Crippen LogP contribution in [0.5, 0.6) is 0 Å². The zero-order valence-electron chi connectivity index (χ0n) is 13.8. The second-order valence-corrected chi connectivity index (χ2v) is 7.13. The first-order valence-electron chi connectivity index (χ1n) is 8.67. The lowest BCUT2D eigenvalue weighted by atomic mass is 9.81. The molecule has 3 N–H and O–H groups in total. The van der Waals surface area contributed by atoms with Crippen molar-refractivity contribution >= 4 is 17.3 Å². The van der Waals surface area contributed by atoms with Gasteiger partial charge in [0.15, 0.2) is 10.9 Å². The number of nitrogens with one attached hydrogen (secondary N) is 3. The zero-order chi connectivity index (χ0) is 16.1. The van der Waals surface area contributed by atoms with E-state index in [-0.39, 0.29) is 0 Å². The summed E-state index contributed by atoms with van der Waals surface area (Å²) in [5.41, 5.74) is 0. The van der Waals surface area contributed by atoms with Gasteiger partial charge >= 0.3 is 0 Å². The molecule has 0 radical (unpaired) electrons. The zero-order valence-corrected chi connectivity index (χ0v) is 14.7. The van der Waals surface area contributed by atoms with Gasteiger partial charge in [-0.1, -0.05) is 0 Å². The fraction of sp³-hybridized carbons (Fsp3) is 0.706. The Kier molecular flexibility index (Phi) is 5.91. The summed E-state index contributed by atoms with van der Waals surface area (Å²) < 4.78 is 10.6. The van der Waals surface area contributed by atoms with Crippen LogP contribution in [-0.4, -0.2) is 43.5 Å². The van der Waals surface area contributed by atoms with Crippen molar-refractivity contribution in [3.8, 4) is 0 Å². The second-order valence-electron chi connectivity index (χ2n) is 6.72. The van der Waals surface area contributed by atoms with Crippen LogP contribution in [0.3, 0.4) is 0 Å². The Morgan fingerprint density at radius 2 is 2.17 bits per heavy atom. The van der Waals surface area contributed by atoms with E-state index in [1.807, 2.05) is 6.07 Å². The molecule has 0 aliphatic carbocycles. The maximum atomic E-state index is 5.57. The van der Waals surface area contributed by atoms with Crippen LogP contribution in [0.2, 0.25) is 0 Å². The van der Waals surface area contributed by atoms with Crippen molar-refractivity contribution in [3.63, 3.8) is 0 Å². The molecule has 6 heteroatoms. The van der Waals surface area contributed by atoms with Gasteiger partial charge in [-0.15, -0.1) is 0 Å². The summed E-state index contributed by atoms with van der Waals surface area (Å²) in [5, 5.41) is 7.49. The monoisotopic (exact) mass is 338 g/mol. The highest BCUT2D eigenvalue weighted by atomic mass is 32.1. The van der Waals surface area contributed by atoms with Gasteiger partial charge in [-0.05, 0) is 43.6 Å². The van der Waals surface area contributed by atoms with E-state index in [1.165, 1.54) is 32.1 Å². The lowest BCUT2D eigenvalue weighted by Gasteiger charge is -2.45. The van der Waals surface area contributed by atoms with Gasteiger partial charge in [0.05, 0.1) is 25.0 Å². The molecule has 3 heterocycles. The van der Waals surface area contributed by atoms with Crippen LogP contribution in [0.4, 0.5) is 0 Å². The van der Waals surface area contributed by atoms with Gasteiger partial charge in [-0.3, -0.25) is 0 Å². The Balaban J connectivity index is 1.52. The van der Waals surface area contributed by atoms with E-state index < -0.39 is 0 Å². The predicted octanol–water partition coefficient (Wildman–Crippen LogP) is 0.859. The van der Waals surface area contributed by atoms with Crippen LogP contribution in [0.1, 0.15) is 37.9 Å². The first-order valence-corrected chi connectivity index (χ1v) is 9.08. The Labute approximate surface area is 143 Å². The minimum atomic E-state index is 0.494. The normalized spacial score (nSPS) is 30.0. The maximum absolute atomic E-state index is 5.57. The first-order chi connectivity index (χ1) is 11.3. The number of rotatable bonds is 6. The summed E-state index contributed by atoms with van der Waals surface area (Å²) in [7, 11) is 1.71. The minimum Gasteiger partial charge on any atom is -0.463 e. The van der Waals surface area contributed by atoms with Crippen molar-refractivity contribution in [2.75, 3.05) is 20.3 Å². The molecule has 0 unspecified atom stereocenters. The maximum Gasteiger partial charge on any atom is 0.166 e. The van der Waals surface area contributed by atoms with Crippen LogP contribution in [0.15, 0.2) is 22.8 Å². The van der Waals surface area contributed by atoms with E-state index >= 15 is 0 Å². The Morgan fingerprint density at radius 1 is 1.39 bits per heavy atom. The summed E-state index contributed by atoms with van der Waals surface area (Å²) in [4.78, 5) is 1.71. The third kappa shape index (κ3) is 4.46. The van der Waals surface area contributed by atoms with Crippen molar-refractivity contribution in [1.29, 1.82) is 0 Å². The molecule has 2 aliphatic heterocycles. The van der Waals surface area contributed by atoms with Gasteiger partial charge in [0.2, 0.25) is 0 Å². The Bertz CT molecular complexity index is 480. The van der Waals surface area contributed by atoms with E-state index in [4.69, 9.17) is 21.4 Å². The molecular weight excluding hydrogens is 310 g/mol. The van der Waals surface area contributed by atoms with Crippen molar-refractivity contribution in [2.45, 2.75) is 56.8 Å². The standard InChI is InChI=1S/C17H27N3O2S/c1-21-9-7-18-17(23)19-13-10-14-4-2-5-15(11-13)20(14)12-16-6-3-8-22-16/h3,6,8,13-15H,2,4-5,7,9-12H2,1H3,(H2,18,19,23)/p+1/t14-,15-/m1/s1. The van der Waals surface area contributed by atoms with Gasteiger partial charge in [-0.2, -0.15) is 0 Å². The minimum absolute atomic E-state index is 0.494. The number of piperidine rings is 2. The van der Waals surface area contributed by atoms with Gasteiger partial charge in [0, 0.05) is 32.5 Å². The van der Waals surface area contributed by atoms with Crippen LogP contribution in [0, 0.1) is 0 Å². The van der Waals surface area contributed by atoms with E-state index in [2.05, 4.69) is 16.7 Å². The lowest BCUT2D eigenvalue weighted by Crippen LogP contribution is -3.20. The highest BCUT2D eigenvalue weighted by Gasteiger charge is 2.42. The number of methoxy groups -OCH3 is 1. The summed E-state index contributed by atoms with van der Waals surface area (Å²) in [5.74, 6) is 1.11. The third-order valence-electron chi connectivity index (χ3n) is 5.18. The molecule has 2 aliphatic rings. The largest absolute Gasteiger partial charge is 0.463 e. The van der Waals surface area contributed by atoms with E-state index in [0.717, 1.165) is 24.0 Å². The van der Waals surface area contributed by atoms with Crippen LogP contribution >= 0.6 is 12.2 Å². The molecule has 2 fully saturated rings. The number of hydrogen-bond acceptors (Lipinski definition) is 3. The molecule has 2 atom stereocenters. The molecule has 1 aromatic heterocycles. The van der Waals surface area contributed by atoms with E-state index in [0.29, 0.717) is 24.7 Å². The molecule has 0 aromatic carbocycles. The predicted molar refractivity (Wildman–Crippen MR) is 93.4 cm³/mol. The highest BCUT2D eigenvalue weighted by molar-refractivity contribution is 7.80. The fourth-order valence-corrected chi connectivity index (χ4v) is 4.43. The first kappa shape index (κ1) is 16.7. The molecule has 1 aromatic rings. The molecule has 2 bridgehead atoms. The average molecular weight is 338 g/mol. The fourth-order valence-electron chi connectivity index (χ4n) is 4.16. The number of ether oxygens (including phenoxy) is 1. The Hall–Kier alpha value is -1.11. The molecule has 0 saturated carbocycles. The molecule has 23 heavy (non-hydrogen) atoms. The number of thiocarbonyl (C=S) groups is 1. The van der Waals surface area contributed by atoms with E-state index in [9.17, 15) is 0 Å². The smallest absolute Gasteiger partial charge is 0.166 e. The lowest BCUT2D eigenvalue weighted by molar-refractivity contribution is -0.974. The van der Waals surface area contributed by atoms with Gasteiger partial charge in [-0.25, -0.2) is 0 Å². The molecule has 5 nitrogen and oxygen atoms in total. The molecular formula is C17H28N3O2S+. The van der Waals surface area contributed by atoms with Gasteiger partial charge in [0.1, 0.15) is 6.54 Å². The number of quaternary nitrogens is 1. The molecule has 128 valence electrons. The van der Waals surface area contributed by atoms with Crippen molar-refractivity contribution in [3.05, 3.63) is 24.2 Å². The quantitative estimate of drug-likeness (QED) is 0.531. The topological polar surface area (TPSA) is 50.9 Å². The van der Waals surface area contributed by atoms with Crippen molar-refractivity contribution < 1.29 is 14.1 Å². The molecule has 3 rings (SSSR count). The van der Waals surface area contributed by atoms with Crippen LogP contribution in [-0.2, 0) is 11.3 Å². The average Bonchev–Trinajstić information content (AvgIpc) is 3.01. The molecule has 0 amide bonds. The summed E-state index contributed by atoms with van der Waals surface area (Å²) in [6.07, 6.45) is 8.16. The Morgan fingerprint density at radius 3 is 2.83 bits per heavy atom. The van der Waals surface area contributed by atoms with Gasteiger partial charge < -0.3 is 24.7 Å². The number of furan rings is 1. The van der Waals surface area contributed by atoms with Gasteiger partial charge in [0.25, 0.3) is 0 Å². The van der Waals surface area contributed by atoms with Crippen molar-refractivity contribution in [1.82, 2.24) is 10.6 Å². The second kappa shape index (κ2) is 8.13. The molecule has 2 saturated heterocycles. The summed E-state index contributed by atoms with van der Waals surface area (Å²) >= 11 is 5.40. The van der Waals surface area contributed by atoms with Crippen LogP contribution in [0.25, 0.3) is 0 Å².